The highest BCUT2D eigenvalue weighted by molar-refractivity contribution is 5.95. The average Bonchev–Trinajstić information content (AvgIpc) is 2.97. The number of alkyl halides is 2. The van der Waals surface area contributed by atoms with Crippen molar-refractivity contribution in [3.63, 3.8) is 0 Å². The van der Waals surface area contributed by atoms with E-state index in [1.807, 2.05) is 0 Å². The first kappa shape index (κ1) is 32.7. The molecule has 43 heavy (non-hydrogen) atoms. The summed E-state index contributed by atoms with van der Waals surface area (Å²) in [6, 6.07) is 12.0. The lowest BCUT2D eigenvalue weighted by atomic mass is 9.70. The molecule has 7 nitrogen and oxygen atoms in total. The lowest BCUT2D eigenvalue weighted by Crippen LogP contribution is -2.46. The molecule has 0 bridgehead atoms. The number of carbonyl (C=O) groups excluding carboxylic acids is 1. The zero-order valence-corrected chi connectivity index (χ0v) is 25.8. The third kappa shape index (κ3) is 8.25. The van der Waals surface area contributed by atoms with E-state index in [1.54, 1.807) is 56.3 Å². The van der Waals surface area contributed by atoms with Gasteiger partial charge in [-0.2, -0.15) is 0 Å². The molecule has 236 valence electrons. The van der Waals surface area contributed by atoms with Gasteiger partial charge in [-0.15, -0.1) is 0 Å². The smallest absolute Gasteiger partial charge is 0.313 e. The normalized spacial score (nSPS) is 18.7. The number of amides is 1. The minimum Gasteiger partial charge on any atom is -0.490 e. The summed E-state index contributed by atoms with van der Waals surface area (Å²) in [6.07, 6.45) is 4.05. The van der Waals surface area contributed by atoms with Crippen LogP contribution < -0.4 is 20.1 Å². The maximum atomic E-state index is 13.9. The number of nitrogens with one attached hydrogen (secondary N) is 2. The molecule has 0 radical (unpaired) electrons. The van der Waals surface area contributed by atoms with E-state index in [2.05, 4.69) is 24.5 Å². The van der Waals surface area contributed by atoms with Gasteiger partial charge < -0.3 is 25.2 Å². The van der Waals surface area contributed by atoms with Gasteiger partial charge >= 0.3 is 5.97 Å². The summed E-state index contributed by atoms with van der Waals surface area (Å²) in [5.74, 6) is -1.83. The minimum atomic E-state index is -2.66. The quantitative estimate of drug-likeness (QED) is 0.229. The van der Waals surface area contributed by atoms with E-state index in [-0.39, 0.29) is 37.7 Å². The number of hydrogen-bond donors (Lipinski definition) is 3. The Hall–Kier alpha value is -3.20. The number of benzene rings is 2. The zero-order valence-electron chi connectivity index (χ0n) is 25.8. The van der Waals surface area contributed by atoms with E-state index >= 15 is 0 Å². The fraction of sp³-hybridized carbons (Fsp3) is 0.588. The van der Waals surface area contributed by atoms with Crippen LogP contribution in [-0.4, -0.2) is 42.1 Å². The summed E-state index contributed by atoms with van der Waals surface area (Å²) in [7, 11) is 0. The molecule has 4 rings (SSSR count). The van der Waals surface area contributed by atoms with Crippen molar-refractivity contribution >= 4 is 17.6 Å². The van der Waals surface area contributed by atoms with Crippen molar-refractivity contribution in [2.75, 3.05) is 18.4 Å². The summed E-state index contributed by atoms with van der Waals surface area (Å²) in [6.45, 7) is 9.18. The third-order valence-corrected chi connectivity index (χ3v) is 9.33. The molecule has 0 unspecified atom stereocenters. The summed E-state index contributed by atoms with van der Waals surface area (Å²) >= 11 is 0. The van der Waals surface area contributed by atoms with Gasteiger partial charge in [0.2, 0.25) is 11.8 Å². The van der Waals surface area contributed by atoms with Gasteiger partial charge in [-0.3, -0.25) is 9.59 Å². The van der Waals surface area contributed by atoms with E-state index < -0.39 is 22.7 Å². The molecule has 1 heterocycles. The van der Waals surface area contributed by atoms with Crippen molar-refractivity contribution in [2.24, 2.45) is 11.3 Å². The highest BCUT2D eigenvalue weighted by Crippen LogP contribution is 2.41. The van der Waals surface area contributed by atoms with Crippen LogP contribution in [0.2, 0.25) is 0 Å². The average molecular weight is 601 g/mol. The number of aliphatic carboxylic acids is 1. The van der Waals surface area contributed by atoms with E-state index in [0.717, 1.165) is 45.2 Å². The Bertz CT molecular complexity index is 1240. The maximum Gasteiger partial charge on any atom is 0.313 e. The van der Waals surface area contributed by atoms with Gasteiger partial charge in [-0.25, -0.2) is 8.78 Å². The van der Waals surface area contributed by atoms with E-state index in [0.29, 0.717) is 34.4 Å². The van der Waals surface area contributed by atoms with Gasteiger partial charge in [0.05, 0.1) is 16.9 Å². The fourth-order valence-electron chi connectivity index (χ4n) is 6.12. The van der Waals surface area contributed by atoms with Crippen LogP contribution in [0.25, 0.3) is 0 Å². The van der Waals surface area contributed by atoms with E-state index in [9.17, 15) is 23.5 Å². The van der Waals surface area contributed by atoms with Crippen LogP contribution in [0.3, 0.4) is 0 Å². The number of rotatable bonds is 12. The number of halogens is 2. The fourth-order valence-corrected chi connectivity index (χ4v) is 6.12. The molecule has 1 saturated heterocycles. The molecule has 3 N–H and O–H groups in total. The molecule has 1 aliphatic heterocycles. The molecule has 0 aromatic heterocycles. The summed E-state index contributed by atoms with van der Waals surface area (Å²) in [5.41, 5.74) is -0.387. The van der Waals surface area contributed by atoms with Gasteiger partial charge in [0.15, 0.2) is 0 Å². The Morgan fingerprint density at radius 2 is 1.58 bits per heavy atom. The molecule has 1 saturated carbocycles. The number of piperidine rings is 1. The Balaban J connectivity index is 1.60. The Morgan fingerprint density at radius 1 is 0.977 bits per heavy atom. The zero-order chi connectivity index (χ0) is 31.3. The predicted molar refractivity (Wildman–Crippen MR) is 163 cm³/mol. The van der Waals surface area contributed by atoms with Gasteiger partial charge in [-0.05, 0) is 82.7 Å². The highest BCUT2D eigenvalue weighted by atomic mass is 19.3. The predicted octanol–water partition coefficient (Wildman–Crippen LogP) is 7.93. The first-order valence-electron chi connectivity index (χ1n) is 15.6. The van der Waals surface area contributed by atoms with Crippen LogP contribution in [0.5, 0.6) is 17.2 Å². The monoisotopic (exact) mass is 600 g/mol. The van der Waals surface area contributed by atoms with Crippen molar-refractivity contribution < 1.29 is 33.0 Å². The number of hydrogen-bond acceptors (Lipinski definition) is 5. The molecule has 2 fully saturated rings. The summed E-state index contributed by atoms with van der Waals surface area (Å²) in [5, 5.41) is 16.1. The third-order valence-electron chi connectivity index (χ3n) is 9.33. The maximum absolute atomic E-state index is 13.9. The van der Waals surface area contributed by atoms with Crippen LogP contribution in [0.15, 0.2) is 42.5 Å². The number of ether oxygens (including phenoxy) is 2. The SMILES string of the molecule is CCC(CC)CC1(C(=O)Nc2cc(Oc3ccc(C(C)(C)C(=O)O)cc3)cc(OC3CCC(F)(F)CC3)c2)CCNCC1. The van der Waals surface area contributed by atoms with Crippen molar-refractivity contribution in [1.29, 1.82) is 0 Å². The molecule has 0 atom stereocenters. The minimum absolute atomic E-state index is 0.0263. The topological polar surface area (TPSA) is 96.9 Å². The van der Waals surface area contributed by atoms with E-state index in [4.69, 9.17) is 9.47 Å². The van der Waals surface area contributed by atoms with Crippen LogP contribution >= 0.6 is 0 Å². The number of carboxylic acid groups (broad SMARTS) is 1. The molecule has 0 spiro atoms. The molecular formula is C34H46F2N2O5. The van der Waals surface area contributed by atoms with E-state index in [1.165, 1.54) is 0 Å². The lowest BCUT2D eigenvalue weighted by molar-refractivity contribution is -0.142. The second-order valence-electron chi connectivity index (χ2n) is 12.8. The Labute approximate surface area is 253 Å². The van der Waals surface area contributed by atoms with Gasteiger partial charge in [0.25, 0.3) is 0 Å². The number of anilines is 1. The molecule has 9 heteroatoms. The standard InChI is InChI=1S/C34H46F2N2O5/c1-5-23(6-2)22-33(15-17-37-18-16-33)30(39)38-25-19-28(21-29(20-25)43-27-11-13-34(35,36)14-12-27)42-26-9-7-24(8-10-26)32(3,4)31(40)41/h7-10,19-21,23,27,37H,5-6,11-18,22H2,1-4H3,(H,38,39)(H,40,41). The molecule has 2 aromatic rings. The van der Waals surface area contributed by atoms with Crippen molar-refractivity contribution in [2.45, 2.75) is 103 Å². The highest BCUT2D eigenvalue weighted by Gasteiger charge is 2.41. The van der Waals surface area contributed by atoms with Gasteiger partial charge in [0, 0.05) is 36.7 Å². The molecule has 2 aromatic carbocycles. The molecule has 2 aliphatic rings. The molecule has 1 aliphatic carbocycles. The first-order chi connectivity index (χ1) is 20.4. The number of carbonyl (C=O) groups is 2. The Morgan fingerprint density at radius 3 is 2.16 bits per heavy atom. The van der Waals surface area contributed by atoms with Crippen LogP contribution in [0.4, 0.5) is 14.5 Å². The molecule has 1 amide bonds. The van der Waals surface area contributed by atoms with Gasteiger partial charge in [-0.1, -0.05) is 38.8 Å². The van der Waals surface area contributed by atoms with Crippen molar-refractivity contribution in [1.82, 2.24) is 5.32 Å². The molecular weight excluding hydrogens is 554 g/mol. The summed E-state index contributed by atoms with van der Waals surface area (Å²) < 4.78 is 39.9. The van der Waals surface area contributed by atoms with Crippen LogP contribution in [-0.2, 0) is 15.0 Å². The van der Waals surface area contributed by atoms with Crippen molar-refractivity contribution in [3.05, 3.63) is 48.0 Å². The lowest BCUT2D eigenvalue weighted by Gasteiger charge is -2.38. The van der Waals surface area contributed by atoms with Crippen molar-refractivity contribution in [3.8, 4) is 17.2 Å². The number of carboxylic acids is 1. The first-order valence-corrected chi connectivity index (χ1v) is 15.6. The second kappa shape index (κ2) is 13.6. The Kier molecular flexibility index (Phi) is 10.4. The van der Waals surface area contributed by atoms with Crippen LogP contribution in [0, 0.1) is 11.3 Å². The van der Waals surface area contributed by atoms with Crippen LogP contribution in [0.1, 0.15) is 91.0 Å². The van der Waals surface area contributed by atoms with Gasteiger partial charge in [0.1, 0.15) is 17.2 Å². The summed E-state index contributed by atoms with van der Waals surface area (Å²) in [4.78, 5) is 25.6. The second-order valence-corrected chi connectivity index (χ2v) is 12.8. The largest absolute Gasteiger partial charge is 0.490 e.